The number of rotatable bonds is 6. The van der Waals surface area contributed by atoms with Crippen LogP contribution in [0.2, 0.25) is 0 Å². The number of thioether (sulfide) groups is 1. The molecule has 0 fully saturated rings. The molecule has 0 saturated heterocycles. The zero-order valence-corrected chi connectivity index (χ0v) is 14.3. The van der Waals surface area contributed by atoms with E-state index in [1.807, 2.05) is 36.6 Å². The van der Waals surface area contributed by atoms with Crippen molar-refractivity contribution in [2.24, 2.45) is 0 Å². The van der Waals surface area contributed by atoms with Gasteiger partial charge in [-0.05, 0) is 31.2 Å². The summed E-state index contributed by atoms with van der Waals surface area (Å²) in [6, 6.07) is 7.72. The van der Waals surface area contributed by atoms with Crippen LogP contribution in [0.25, 0.3) is 0 Å². The third-order valence-electron chi connectivity index (χ3n) is 3.08. The highest BCUT2D eigenvalue weighted by atomic mass is 32.2. The minimum absolute atomic E-state index is 0.681. The number of nitrogens with zero attached hydrogens (tertiary/aromatic N) is 4. The molecule has 1 aromatic carbocycles. The van der Waals surface area contributed by atoms with Gasteiger partial charge in [0.2, 0.25) is 5.16 Å². The number of thiazole rings is 1. The molecule has 0 aliphatic carbocycles. The van der Waals surface area contributed by atoms with E-state index < -0.39 is 0 Å². The lowest BCUT2D eigenvalue weighted by atomic mass is 10.3. The molecule has 3 rings (SSSR count). The van der Waals surface area contributed by atoms with Crippen molar-refractivity contribution in [3.8, 4) is 5.75 Å². The molecular formula is C14H16N6OS2. The number of nitrogens with one attached hydrogen (secondary N) is 1. The second-order valence-electron chi connectivity index (χ2n) is 4.69. The van der Waals surface area contributed by atoms with Gasteiger partial charge in [0.15, 0.2) is 5.13 Å². The largest absolute Gasteiger partial charge is 0.497 e. The summed E-state index contributed by atoms with van der Waals surface area (Å²) in [7, 11) is 1.65. The highest BCUT2D eigenvalue weighted by Crippen LogP contribution is 2.26. The molecule has 0 aliphatic rings. The molecule has 0 bridgehead atoms. The zero-order chi connectivity index (χ0) is 16.2. The van der Waals surface area contributed by atoms with E-state index in [1.54, 1.807) is 18.4 Å². The number of aryl methyl sites for hydroxylation is 1. The van der Waals surface area contributed by atoms with Crippen molar-refractivity contribution in [3.63, 3.8) is 0 Å². The van der Waals surface area contributed by atoms with E-state index >= 15 is 0 Å². The van der Waals surface area contributed by atoms with Crippen LogP contribution >= 0.6 is 23.1 Å². The predicted molar refractivity (Wildman–Crippen MR) is 92.9 cm³/mol. The third kappa shape index (κ3) is 3.74. The van der Waals surface area contributed by atoms with Gasteiger partial charge in [-0.25, -0.2) is 9.66 Å². The van der Waals surface area contributed by atoms with E-state index in [1.165, 1.54) is 16.4 Å². The van der Waals surface area contributed by atoms with E-state index in [2.05, 4.69) is 20.5 Å². The number of anilines is 2. The van der Waals surface area contributed by atoms with Crippen molar-refractivity contribution in [2.45, 2.75) is 17.8 Å². The van der Waals surface area contributed by atoms with Crippen molar-refractivity contribution in [3.05, 3.63) is 41.2 Å². The number of nitrogens with two attached hydrogens (primary N) is 1. The van der Waals surface area contributed by atoms with Crippen LogP contribution in [0.1, 0.15) is 11.5 Å². The van der Waals surface area contributed by atoms with Gasteiger partial charge in [-0.1, -0.05) is 11.8 Å². The first-order chi connectivity index (χ1) is 11.2. The van der Waals surface area contributed by atoms with Crippen LogP contribution < -0.4 is 15.9 Å². The summed E-state index contributed by atoms with van der Waals surface area (Å²) in [6.07, 6.45) is 0. The lowest BCUT2D eigenvalue weighted by molar-refractivity contribution is 0.415. The molecule has 0 radical (unpaired) electrons. The average molecular weight is 348 g/mol. The molecule has 3 aromatic rings. The van der Waals surface area contributed by atoms with Crippen molar-refractivity contribution in [1.82, 2.24) is 19.9 Å². The number of hydrogen-bond acceptors (Lipinski definition) is 8. The summed E-state index contributed by atoms with van der Waals surface area (Å²) in [5.74, 6) is 8.03. The summed E-state index contributed by atoms with van der Waals surface area (Å²) in [4.78, 5) is 4.56. The lowest BCUT2D eigenvalue weighted by Crippen LogP contribution is -2.11. The van der Waals surface area contributed by atoms with E-state index in [0.717, 1.165) is 22.3 Å². The SMILES string of the molecule is COc1ccc(Nc2nc(CSc3nnc(C)n3N)cs2)cc1. The maximum atomic E-state index is 5.83. The first kappa shape index (κ1) is 15.6. The third-order valence-corrected chi connectivity index (χ3v) is 4.86. The molecule has 0 aliphatic heterocycles. The van der Waals surface area contributed by atoms with Gasteiger partial charge in [0, 0.05) is 16.8 Å². The van der Waals surface area contributed by atoms with Crippen LogP contribution in [-0.4, -0.2) is 27.0 Å². The lowest BCUT2D eigenvalue weighted by Gasteiger charge is -2.04. The summed E-state index contributed by atoms with van der Waals surface area (Å²) in [5, 5.41) is 14.8. The quantitative estimate of drug-likeness (QED) is 0.523. The minimum Gasteiger partial charge on any atom is -0.497 e. The van der Waals surface area contributed by atoms with Crippen LogP contribution in [0.4, 0.5) is 10.8 Å². The maximum absolute atomic E-state index is 5.83. The van der Waals surface area contributed by atoms with Crippen molar-refractivity contribution < 1.29 is 4.74 Å². The average Bonchev–Trinajstić information content (AvgIpc) is 3.14. The van der Waals surface area contributed by atoms with Crippen LogP contribution in [0.15, 0.2) is 34.8 Å². The number of hydrogen-bond donors (Lipinski definition) is 2. The smallest absolute Gasteiger partial charge is 0.210 e. The molecule has 2 aromatic heterocycles. The molecule has 120 valence electrons. The van der Waals surface area contributed by atoms with E-state index in [0.29, 0.717) is 16.7 Å². The van der Waals surface area contributed by atoms with Gasteiger partial charge in [0.25, 0.3) is 0 Å². The van der Waals surface area contributed by atoms with Crippen LogP contribution in [-0.2, 0) is 5.75 Å². The number of ether oxygens (including phenoxy) is 1. The Bertz CT molecular complexity index is 783. The fourth-order valence-corrected chi connectivity index (χ4v) is 3.45. The Hall–Kier alpha value is -2.26. The topological polar surface area (TPSA) is 90.9 Å². The molecule has 3 N–H and O–H groups in total. The Labute approximate surface area is 141 Å². The number of benzene rings is 1. The molecule has 0 atom stereocenters. The Morgan fingerprint density at radius 2 is 2.09 bits per heavy atom. The van der Waals surface area contributed by atoms with Gasteiger partial charge in [-0.3, -0.25) is 0 Å². The summed E-state index contributed by atoms with van der Waals surface area (Å²) >= 11 is 3.07. The second kappa shape index (κ2) is 6.88. The van der Waals surface area contributed by atoms with E-state index in [-0.39, 0.29) is 0 Å². The van der Waals surface area contributed by atoms with E-state index in [4.69, 9.17) is 10.6 Å². The Morgan fingerprint density at radius 1 is 1.30 bits per heavy atom. The molecule has 0 saturated carbocycles. The van der Waals surface area contributed by atoms with E-state index in [9.17, 15) is 0 Å². The van der Waals surface area contributed by atoms with Crippen molar-refractivity contribution in [2.75, 3.05) is 18.3 Å². The summed E-state index contributed by atoms with van der Waals surface area (Å²) in [6.45, 7) is 1.82. The molecular weight excluding hydrogens is 332 g/mol. The second-order valence-corrected chi connectivity index (χ2v) is 6.49. The fourth-order valence-electron chi connectivity index (χ4n) is 1.82. The monoisotopic (exact) mass is 348 g/mol. The molecule has 2 heterocycles. The predicted octanol–water partition coefficient (Wildman–Crippen LogP) is 2.80. The van der Waals surface area contributed by atoms with Gasteiger partial charge in [-0.15, -0.1) is 21.5 Å². The Kier molecular flexibility index (Phi) is 4.68. The van der Waals surface area contributed by atoms with Crippen molar-refractivity contribution in [1.29, 1.82) is 0 Å². The molecule has 0 amide bonds. The molecule has 9 heteroatoms. The van der Waals surface area contributed by atoms with Gasteiger partial charge >= 0.3 is 0 Å². The number of methoxy groups -OCH3 is 1. The van der Waals surface area contributed by atoms with Gasteiger partial charge in [0.05, 0.1) is 12.8 Å². The zero-order valence-electron chi connectivity index (χ0n) is 12.7. The van der Waals surface area contributed by atoms with Crippen LogP contribution in [0, 0.1) is 6.92 Å². The van der Waals surface area contributed by atoms with Gasteiger partial charge in [-0.2, -0.15) is 0 Å². The maximum Gasteiger partial charge on any atom is 0.210 e. The summed E-state index contributed by atoms with van der Waals surface area (Å²) in [5.41, 5.74) is 1.94. The van der Waals surface area contributed by atoms with Gasteiger partial charge in [0.1, 0.15) is 11.6 Å². The number of aromatic nitrogens is 4. The Balaban J connectivity index is 1.60. The van der Waals surface area contributed by atoms with Crippen molar-refractivity contribution >= 4 is 33.9 Å². The highest BCUT2D eigenvalue weighted by molar-refractivity contribution is 7.98. The van der Waals surface area contributed by atoms with Crippen LogP contribution in [0.3, 0.4) is 0 Å². The first-order valence-corrected chi connectivity index (χ1v) is 8.67. The fraction of sp³-hybridized carbons (Fsp3) is 0.214. The summed E-state index contributed by atoms with van der Waals surface area (Å²) < 4.78 is 6.62. The first-order valence-electron chi connectivity index (χ1n) is 6.81. The minimum atomic E-state index is 0.681. The molecule has 7 nitrogen and oxygen atoms in total. The number of nitrogen functional groups attached to an aromatic ring is 1. The Morgan fingerprint density at radius 3 is 2.74 bits per heavy atom. The molecule has 0 spiro atoms. The molecule has 23 heavy (non-hydrogen) atoms. The standard InChI is InChI=1S/C14H16N6OS2/c1-9-18-19-14(20(9)15)23-8-11-7-22-13(17-11)16-10-3-5-12(21-2)6-4-10/h3-7H,8,15H2,1-2H3,(H,16,17). The normalized spacial score (nSPS) is 10.7. The van der Waals surface area contributed by atoms with Gasteiger partial charge < -0.3 is 15.9 Å². The molecule has 0 unspecified atom stereocenters. The highest BCUT2D eigenvalue weighted by Gasteiger charge is 2.09. The van der Waals surface area contributed by atoms with Crippen LogP contribution in [0.5, 0.6) is 5.75 Å².